The van der Waals surface area contributed by atoms with Crippen molar-refractivity contribution in [1.29, 1.82) is 0 Å². The van der Waals surface area contributed by atoms with Gasteiger partial charge in [-0.05, 0) is 50.9 Å². The molecule has 4 fully saturated rings. The summed E-state index contributed by atoms with van der Waals surface area (Å²) >= 11 is 0. The van der Waals surface area contributed by atoms with Gasteiger partial charge in [0.2, 0.25) is 0 Å². The van der Waals surface area contributed by atoms with Gasteiger partial charge in [0, 0.05) is 38.3 Å². The molecule has 1 spiro atoms. The number of nitrogens with zero attached hydrogens (tertiary/aromatic N) is 3. The van der Waals surface area contributed by atoms with E-state index in [0.29, 0.717) is 30.7 Å². The molecule has 3 aliphatic heterocycles. The van der Waals surface area contributed by atoms with Gasteiger partial charge in [-0.1, -0.05) is 6.92 Å². The lowest BCUT2D eigenvalue weighted by Gasteiger charge is -2.52. The molecule has 0 aromatic carbocycles. The summed E-state index contributed by atoms with van der Waals surface area (Å²) in [7, 11) is 0. The van der Waals surface area contributed by atoms with Gasteiger partial charge in [0.05, 0.1) is 12.6 Å². The first kappa shape index (κ1) is 18.8. The lowest BCUT2D eigenvalue weighted by molar-refractivity contribution is -0.0139. The Morgan fingerprint density at radius 3 is 2.59 bits per heavy atom. The fourth-order valence-electron chi connectivity index (χ4n) is 5.60. The van der Waals surface area contributed by atoms with Gasteiger partial charge < -0.3 is 19.3 Å². The summed E-state index contributed by atoms with van der Waals surface area (Å²) in [4.78, 5) is 30.5. The first-order valence-electron chi connectivity index (χ1n) is 10.7. The Bertz CT molecular complexity index is 570. The molecule has 1 saturated carbocycles. The van der Waals surface area contributed by atoms with Gasteiger partial charge >= 0.3 is 12.2 Å². The van der Waals surface area contributed by atoms with E-state index in [4.69, 9.17) is 9.47 Å². The predicted molar refractivity (Wildman–Crippen MR) is 101 cm³/mol. The Kier molecular flexibility index (Phi) is 5.23. The minimum absolute atomic E-state index is 0.118. The number of carbonyl (C=O) groups excluding carboxylic acids is 2. The molecule has 7 nitrogen and oxygen atoms in total. The first-order chi connectivity index (χ1) is 13.0. The topological polar surface area (TPSA) is 62.3 Å². The van der Waals surface area contributed by atoms with Gasteiger partial charge in [-0.15, -0.1) is 0 Å². The van der Waals surface area contributed by atoms with Crippen LogP contribution in [0.25, 0.3) is 0 Å². The standard InChI is InChI=1S/C20H33N3O4/c1-3-15-13-27-19(25)23(15)16-5-8-21(9-6-16)17-11-20(12-17)7-10-22(14-20)18(24)26-4-2/h15-17H,3-14H2,1-2H3/t15-,17?,20?/m1/s1. The summed E-state index contributed by atoms with van der Waals surface area (Å²) in [5.41, 5.74) is 0.320. The van der Waals surface area contributed by atoms with E-state index in [-0.39, 0.29) is 18.2 Å². The molecule has 0 unspecified atom stereocenters. The third kappa shape index (κ3) is 3.50. The predicted octanol–water partition coefficient (Wildman–Crippen LogP) is 2.69. The van der Waals surface area contributed by atoms with Crippen molar-refractivity contribution in [3.05, 3.63) is 0 Å². The van der Waals surface area contributed by atoms with E-state index in [2.05, 4.69) is 11.8 Å². The van der Waals surface area contributed by atoms with Crippen LogP contribution in [0.4, 0.5) is 9.59 Å². The molecular formula is C20H33N3O4. The number of rotatable bonds is 4. The Morgan fingerprint density at radius 1 is 1.19 bits per heavy atom. The van der Waals surface area contributed by atoms with Crippen LogP contribution >= 0.6 is 0 Å². The molecule has 4 aliphatic rings. The normalized spacial score (nSPS) is 34.8. The number of amides is 2. The Hall–Kier alpha value is -1.50. The highest BCUT2D eigenvalue weighted by atomic mass is 16.6. The molecule has 0 aromatic heterocycles. The van der Waals surface area contributed by atoms with Crippen LogP contribution in [0.5, 0.6) is 0 Å². The highest BCUT2D eigenvalue weighted by molar-refractivity contribution is 5.70. The summed E-state index contributed by atoms with van der Waals surface area (Å²) in [5.74, 6) is 0. The second-order valence-electron chi connectivity index (χ2n) is 8.75. The highest BCUT2D eigenvalue weighted by Crippen LogP contribution is 2.50. The molecule has 4 rings (SSSR count). The van der Waals surface area contributed by atoms with Crippen LogP contribution in [0.15, 0.2) is 0 Å². The van der Waals surface area contributed by atoms with Crippen molar-refractivity contribution < 1.29 is 19.1 Å². The SMILES string of the molecule is CCOC(=O)N1CCC2(CC(N3CCC(N4C(=O)OC[C@H]4CC)CC3)C2)C1. The summed E-state index contributed by atoms with van der Waals surface area (Å²) < 4.78 is 10.4. The van der Waals surface area contributed by atoms with Gasteiger partial charge in [-0.2, -0.15) is 0 Å². The minimum Gasteiger partial charge on any atom is -0.450 e. The third-order valence-electron chi connectivity index (χ3n) is 7.19. The monoisotopic (exact) mass is 379 g/mol. The zero-order valence-corrected chi connectivity index (χ0v) is 16.7. The van der Waals surface area contributed by atoms with E-state index >= 15 is 0 Å². The largest absolute Gasteiger partial charge is 0.450 e. The van der Waals surface area contributed by atoms with E-state index in [0.717, 1.165) is 51.9 Å². The molecule has 0 radical (unpaired) electrons. The van der Waals surface area contributed by atoms with Crippen LogP contribution in [-0.4, -0.2) is 84.4 Å². The van der Waals surface area contributed by atoms with Crippen molar-refractivity contribution in [3.63, 3.8) is 0 Å². The van der Waals surface area contributed by atoms with E-state index in [1.165, 1.54) is 12.8 Å². The first-order valence-corrected chi connectivity index (χ1v) is 10.7. The number of carbonyl (C=O) groups is 2. The summed E-state index contributed by atoms with van der Waals surface area (Å²) in [6, 6.07) is 1.23. The molecule has 27 heavy (non-hydrogen) atoms. The average Bonchev–Trinajstić information content (AvgIpc) is 3.25. The van der Waals surface area contributed by atoms with Gasteiger partial charge in [0.1, 0.15) is 6.61 Å². The summed E-state index contributed by atoms with van der Waals surface area (Å²) in [6.45, 7) is 8.81. The van der Waals surface area contributed by atoms with Crippen LogP contribution in [0.2, 0.25) is 0 Å². The number of ether oxygens (including phenoxy) is 2. The van der Waals surface area contributed by atoms with Gasteiger partial charge in [0.15, 0.2) is 0 Å². The maximum atomic E-state index is 12.1. The van der Waals surface area contributed by atoms with Crippen molar-refractivity contribution in [3.8, 4) is 0 Å². The van der Waals surface area contributed by atoms with Crippen LogP contribution < -0.4 is 0 Å². The zero-order valence-electron chi connectivity index (χ0n) is 16.7. The van der Waals surface area contributed by atoms with E-state index in [9.17, 15) is 9.59 Å². The Balaban J connectivity index is 1.24. The van der Waals surface area contributed by atoms with Gasteiger partial charge in [0.25, 0.3) is 0 Å². The zero-order chi connectivity index (χ0) is 19.0. The number of cyclic esters (lactones) is 1. The highest BCUT2D eigenvalue weighted by Gasteiger charge is 2.52. The second kappa shape index (κ2) is 7.49. The second-order valence-corrected chi connectivity index (χ2v) is 8.75. The lowest BCUT2D eigenvalue weighted by Crippen LogP contribution is -2.56. The van der Waals surface area contributed by atoms with Crippen molar-refractivity contribution in [2.24, 2.45) is 5.41 Å². The van der Waals surface area contributed by atoms with Crippen molar-refractivity contribution in [1.82, 2.24) is 14.7 Å². The number of piperidine rings is 1. The van der Waals surface area contributed by atoms with Crippen molar-refractivity contribution >= 4 is 12.2 Å². The van der Waals surface area contributed by atoms with E-state index in [1.54, 1.807) is 0 Å². The molecule has 1 atom stereocenters. The van der Waals surface area contributed by atoms with Gasteiger partial charge in [-0.3, -0.25) is 4.90 Å². The number of likely N-dealkylation sites (tertiary alicyclic amines) is 2. The fourth-order valence-corrected chi connectivity index (χ4v) is 5.60. The lowest BCUT2D eigenvalue weighted by atomic mass is 9.64. The van der Waals surface area contributed by atoms with Crippen LogP contribution in [0.1, 0.15) is 52.4 Å². The summed E-state index contributed by atoms with van der Waals surface area (Å²) in [6.07, 6.45) is 6.28. The van der Waals surface area contributed by atoms with Crippen molar-refractivity contribution in [2.45, 2.75) is 70.5 Å². The number of hydrogen-bond donors (Lipinski definition) is 0. The molecule has 7 heteroatoms. The average molecular weight is 380 g/mol. The Labute approximate surface area is 161 Å². The van der Waals surface area contributed by atoms with Crippen LogP contribution in [-0.2, 0) is 9.47 Å². The van der Waals surface area contributed by atoms with E-state index < -0.39 is 0 Å². The maximum Gasteiger partial charge on any atom is 0.410 e. The molecule has 1 aliphatic carbocycles. The molecule has 2 amide bonds. The van der Waals surface area contributed by atoms with Gasteiger partial charge in [-0.25, -0.2) is 9.59 Å². The molecule has 3 heterocycles. The third-order valence-corrected chi connectivity index (χ3v) is 7.19. The van der Waals surface area contributed by atoms with Crippen LogP contribution in [0.3, 0.4) is 0 Å². The Morgan fingerprint density at radius 2 is 1.93 bits per heavy atom. The molecule has 0 N–H and O–H groups in total. The molecule has 0 aromatic rings. The minimum atomic E-state index is -0.151. The molecule has 3 saturated heterocycles. The number of hydrogen-bond acceptors (Lipinski definition) is 5. The van der Waals surface area contributed by atoms with Crippen molar-refractivity contribution in [2.75, 3.05) is 39.4 Å². The fraction of sp³-hybridized carbons (Fsp3) is 0.900. The van der Waals surface area contributed by atoms with E-state index in [1.807, 2.05) is 16.7 Å². The molecule has 0 bridgehead atoms. The quantitative estimate of drug-likeness (QED) is 0.752. The summed E-state index contributed by atoms with van der Waals surface area (Å²) in [5, 5.41) is 0. The smallest absolute Gasteiger partial charge is 0.410 e. The maximum absolute atomic E-state index is 12.1. The van der Waals surface area contributed by atoms with Crippen LogP contribution in [0, 0.1) is 5.41 Å². The molecule has 152 valence electrons. The molecular weight excluding hydrogens is 346 g/mol.